The molecule has 2 aliphatic rings. The second kappa shape index (κ2) is 13.5. The predicted octanol–water partition coefficient (Wildman–Crippen LogP) is 4.59. The molecular formula is C28H34Cl2F3N5O3. The van der Waals surface area contributed by atoms with Gasteiger partial charge in [0.1, 0.15) is 6.04 Å². The Balaban J connectivity index is 1.51. The number of methoxy groups -OCH3 is 1. The summed E-state index contributed by atoms with van der Waals surface area (Å²) in [4.78, 5) is 31.6. The summed E-state index contributed by atoms with van der Waals surface area (Å²) in [5.41, 5.74) is 1.21. The van der Waals surface area contributed by atoms with Gasteiger partial charge in [0, 0.05) is 81.1 Å². The molecule has 4 rings (SSSR count). The van der Waals surface area contributed by atoms with Crippen molar-refractivity contribution < 1.29 is 27.5 Å². The van der Waals surface area contributed by atoms with E-state index in [2.05, 4.69) is 10.6 Å². The van der Waals surface area contributed by atoms with Gasteiger partial charge in [0.25, 0.3) is 0 Å². The lowest BCUT2D eigenvalue weighted by Gasteiger charge is -2.40. The number of carbonyl (C=O) groups is 2. The molecule has 3 amide bonds. The van der Waals surface area contributed by atoms with Gasteiger partial charge < -0.3 is 30.1 Å². The molecule has 13 heteroatoms. The van der Waals surface area contributed by atoms with Gasteiger partial charge in [-0.3, -0.25) is 4.79 Å². The van der Waals surface area contributed by atoms with Gasteiger partial charge in [-0.25, -0.2) is 4.79 Å². The van der Waals surface area contributed by atoms with Gasteiger partial charge in [0.05, 0.1) is 12.2 Å². The van der Waals surface area contributed by atoms with Crippen LogP contribution in [0.3, 0.4) is 0 Å². The fourth-order valence-electron chi connectivity index (χ4n) is 5.24. The van der Waals surface area contributed by atoms with Crippen LogP contribution < -0.4 is 15.5 Å². The van der Waals surface area contributed by atoms with Crippen LogP contribution >= 0.6 is 23.2 Å². The minimum absolute atomic E-state index is 0.199. The molecule has 224 valence electrons. The van der Waals surface area contributed by atoms with Crippen molar-refractivity contribution in [3.05, 3.63) is 63.1 Å². The highest BCUT2D eigenvalue weighted by molar-refractivity contribution is 6.35. The number of benzene rings is 2. The lowest BCUT2D eigenvalue weighted by Crippen LogP contribution is -2.56. The molecule has 2 atom stereocenters. The monoisotopic (exact) mass is 615 g/mol. The largest absolute Gasteiger partial charge is 0.416 e. The molecule has 2 unspecified atom stereocenters. The van der Waals surface area contributed by atoms with Gasteiger partial charge in [-0.2, -0.15) is 13.2 Å². The lowest BCUT2D eigenvalue weighted by atomic mass is 10.00. The van der Waals surface area contributed by atoms with E-state index in [0.29, 0.717) is 79.3 Å². The molecule has 2 aromatic carbocycles. The second-order valence-corrected chi connectivity index (χ2v) is 11.0. The first-order chi connectivity index (χ1) is 19.5. The maximum Gasteiger partial charge on any atom is 0.416 e. The third-order valence-electron chi connectivity index (χ3n) is 7.49. The molecular weight excluding hydrogens is 582 g/mol. The summed E-state index contributed by atoms with van der Waals surface area (Å²) in [7, 11) is 1.56. The molecule has 0 radical (unpaired) electrons. The fraction of sp³-hybridized carbons (Fsp3) is 0.500. The van der Waals surface area contributed by atoms with Crippen LogP contribution in [0.1, 0.15) is 29.7 Å². The molecule has 2 saturated heterocycles. The van der Waals surface area contributed by atoms with Crippen molar-refractivity contribution in [1.82, 2.24) is 20.4 Å². The normalized spacial score (nSPS) is 17.5. The molecule has 0 bridgehead atoms. The summed E-state index contributed by atoms with van der Waals surface area (Å²) in [5.74, 6) is -0.199. The number of piperazine rings is 1. The van der Waals surface area contributed by atoms with Crippen molar-refractivity contribution >= 4 is 40.8 Å². The van der Waals surface area contributed by atoms with Crippen molar-refractivity contribution in [1.29, 1.82) is 0 Å². The van der Waals surface area contributed by atoms with Crippen LogP contribution in [-0.2, 0) is 22.1 Å². The SMILES string of the molecule is COCCNC(C)c1cc(C(F)(F)F)ccc1N1CCN(C(=O)C(Cc2ccc(Cl)cc2Cl)N2CCNC2=O)CC1. The van der Waals surface area contributed by atoms with Crippen molar-refractivity contribution in [3.63, 3.8) is 0 Å². The minimum atomic E-state index is -4.46. The van der Waals surface area contributed by atoms with Crippen LogP contribution in [0, 0.1) is 0 Å². The quantitative estimate of drug-likeness (QED) is 0.382. The first-order valence-electron chi connectivity index (χ1n) is 13.4. The smallest absolute Gasteiger partial charge is 0.383 e. The molecule has 2 aliphatic heterocycles. The van der Waals surface area contributed by atoms with Crippen molar-refractivity contribution in [2.45, 2.75) is 31.6 Å². The average Bonchev–Trinajstić information content (AvgIpc) is 3.37. The van der Waals surface area contributed by atoms with Crippen LogP contribution in [0.5, 0.6) is 0 Å². The number of carbonyl (C=O) groups excluding carboxylic acids is 2. The van der Waals surface area contributed by atoms with Crippen molar-refractivity contribution in [3.8, 4) is 0 Å². The molecule has 2 fully saturated rings. The Morgan fingerprint density at radius 3 is 2.44 bits per heavy atom. The number of rotatable bonds is 10. The Hall–Kier alpha value is -2.73. The highest BCUT2D eigenvalue weighted by Crippen LogP contribution is 2.36. The third kappa shape index (κ3) is 7.57. The zero-order valence-corrected chi connectivity index (χ0v) is 24.5. The molecule has 8 nitrogen and oxygen atoms in total. The number of alkyl halides is 3. The van der Waals surface area contributed by atoms with Crippen molar-refractivity contribution in [2.24, 2.45) is 0 Å². The van der Waals surface area contributed by atoms with Crippen LogP contribution in [0.2, 0.25) is 10.0 Å². The Kier molecular flexibility index (Phi) is 10.3. The summed E-state index contributed by atoms with van der Waals surface area (Å²) in [5, 5.41) is 6.87. The van der Waals surface area contributed by atoms with Gasteiger partial charge in [-0.05, 0) is 48.4 Å². The summed E-state index contributed by atoms with van der Waals surface area (Å²) in [6.07, 6.45) is -4.23. The Morgan fingerprint density at radius 1 is 1.10 bits per heavy atom. The van der Waals surface area contributed by atoms with E-state index in [1.54, 1.807) is 30.2 Å². The second-order valence-electron chi connectivity index (χ2n) is 10.1. The summed E-state index contributed by atoms with van der Waals surface area (Å²) in [6.45, 7) is 5.13. The van der Waals surface area contributed by atoms with E-state index in [1.807, 2.05) is 11.8 Å². The molecule has 0 aliphatic carbocycles. The maximum atomic E-state index is 13.8. The molecule has 2 heterocycles. The first-order valence-corrected chi connectivity index (χ1v) is 14.2. The predicted molar refractivity (Wildman–Crippen MR) is 153 cm³/mol. The van der Waals surface area contributed by atoms with E-state index in [-0.39, 0.29) is 24.4 Å². The van der Waals surface area contributed by atoms with E-state index in [0.717, 1.165) is 6.07 Å². The van der Waals surface area contributed by atoms with Crippen LogP contribution in [0.25, 0.3) is 0 Å². The third-order valence-corrected chi connectivity index (χ3v) is 8.08. The standard InChI is InChI=1S/C28H34Cl2F3N5O3/c1-18(34-8-14-41-2)22-16-20(28(31,32)33)4-6-24(22)36-10-12-37(13-11-36)26(39)25(38-9-7-35-27(38)40)15-19-3-5-21(29)17-23(19)30/h3-6,16-18,25,34H,7-15H2,1-2H3,(H,35,40). The number of nitrogens with zero attached hydrogens (tertiary/aromatic N) is 3. The number of hydrogen-bond acceptors (Lipinski definition) is 5. The minimum Gasteiger partial charge on any atom is -0.383 e. The Labute approximate surface area is 247 Å². The number of urea groups is 1. The van der Waals surface area contributed by atoms with Crippen LogP contribution in [-0.4, -0.2) is 87.3 Å². The Morgan fingerprint density at radius 2 is 1.83 bits per heavy atom. The zero-order chi connectivity index (χ0) is 29.7. The Bertz CT molecular complexity index is 1240. The number of halogens is 5. The number of ether oxygens (including phenoxy) is 1. The topological polar surface area (TPSA) is 77.2 Å². The van der Waals surface area contributed by atoms with Gasteiger partial charge in [0.15, 0.2) is 0 Å². The summed E-state index contributed by atoms with van der Waals surface area (Å²) in [6, 6.07) is 7.42. The lowest BCUT2D eigenvalue weighted by molar-refractivity contribution is -0.138. The highest BCUT2D eigenvalue weighted by Gasteiger charge is 2.37. The molecule has 2 aromatic rings. The molecule has 0 aromatic heterocycles. The van der Waals surface area contributed by atoms with E-state index in [4.69, 9.17) is 27.9 Å². The van der Waals surface area contributed by atoms with Crippen molar-refractivity contribution in [2.75, 3.05) is 64.4 Å². The summed E-state index contributed by atoms with van der Waals surface area (Å²) >= 11 is 12.4. The number of amides is 3. The van der Waals surface area contributed by atoms with Gasteiger partial charge in [-0.1, -0.05) is 29.3 Å². The van der Waals surface area contributed by atoms with E-state index in [1.165, 1.54) is 17.0 Å². The molecule has 41 heavy (non-hydrogen) atoms. The first kappa shape index (κ1) is 31.2. The van der Waals surface area contributed by atoms with Gasteiger partial charge in [-0.15, -0.1) is 0 Å². The molecule has 0 saturated carbocycles. The van der Waals surface area contributed by atoms with E-state index in [9.17, 15) is 22.8 Å². The average molecular weight is 617 g/mol. The van der Waals surface area contributed by atoms with E-state index >= 15 is 0 Å². The van der Waals surface area contributed by atoms with Gasteiger partial charge >= 0.3 is 12.2 Å². The van der Waals surface area contributed by atoms with Gasteiger partial charge in [0.2, 0.25) is 5.91 Å². The summed E-state index contributed by atoms with van der Waals surface area (Å²) < 4.78 is 45.7. The van der Waals surface area contributed by atoms with Crippen LogP contribution in [0.4, 0.5) is 23.7 Å². The number of hydrogen-bond donors (Lipinski definition) is 2. The molecule has 0 spiro atoms. The fourth-order valence-corrected chi connectivity index (χ4v) is 5.73. The zero-order valence-electron chi connectivity index (χ0n) is 22.9. The van der Waals surface area contributed by atoms with Crippen LogP contribution in [0.15, 0.2) is 36.4 Å². The molecule has 2 N–H and O–H groups in total. The maximum absolute atomic E-state index is 13.8. The van der Waals surface area contributed by atoms with E-state index < -0.39 is 17.8 Å². The number of nitrogens with one attached hydrogen (secondary N) is 2. The highest BCUT2D eigenvalue weighted by atomic mass is 35.5. The number of anilines is 1.